The first-order chi connectivity index (χ1) is 9.49. The van der Waals surface area contributed by atoms with E-state index in [1.165, 1.54) is 18.3 Å². The number of benzene rings is 1. The van der Waals surface area contributed by atoms with Crippen LogP contribution in [0.25, 0.3) is 0 Å². The minimum Gasteiger partial charge on any atom is -0.384 e. The molecule has 0 spiro atoms. The number of nitrogen functional groups attached to an aromatic ring is 1. The molecule has 0 aliphatic rings. The fraction of sp³-hybridized carbons (Fsp3) is 0.167. The SMILES string of the molecule is Cc1ccc(C(=O)NCc2cn[nH]c2N)cc1[N+](=O)[O-]. The molecule has 0 atom stereocenters. The molecular weight excluding hydrogens is 262 g/mol. The highest BCUT2D eigenvalue weighted by Gasteiger charge is 2.15. The number of amides is 1. The quantitative estimate of drug-likeness (QED) is 0.569. The lowest BCUT2D eigenvalue weighted by atomic mass is 10.1. The van der Waals surface area contributed by atoms with E-state index in [-0.39, 0.29) is 17.8 Å². The third kappa shape index (κ3) is 2.74. The molecule has 1 aromatic heterocycles. The average molecular weight is 275 g/mol. The number of rotatable bonds is 4. The van der Waals surface area contributed by atoms with Gasteiger partial charge in [-0.2, -0.15) is 5.10 Å². The number of anilines is 1. The number of nitro benzene ring substituents is 1. The van der Waals surface area contributed by atoms with Gasteiger partial charge in [0.15, 0.2) is 0 Å². The Balaban J connectivity index is 2.12. The number of nitrogens with zero attached hydrogens (tertiary/aromatic N) is 2. The molecular formula is C12H13N5O3. The van der Waals surface area contributed by atoms with Gasteiger partial charge < -0.3 is 11.1 Å². The Morgan fingerprint density at radius 2 is 2.30 bits per heavy atom. The molecule has 104 valence electrons. The van der Waals surface area contributed by atoms with Crippen molar-refractivity contribution in [3.05, 3.63) is 51.2 Å². The summed E-state index contributed by atoms with van der Waals surface area (Å²) in [4.78, 5) is 22.2. The standard InChI is InChI=1S/C12H13N5O3/c1-7-2-3-8(4-10(7)17(19)20)12(18)14-5-9-6-15-16-11(9)13/h2-4,6H,5H2,1H3,(H,14,18)(H3,13,15,16). The van der Waals surface area contributed by atoms with Gasteiger partial charge in [-0.3, -0.25) is 20.0 Å². The lowest BCUT2D eigenvalue weighted by Gasteiger charge is -2.05. The van der Waals surface area contributed by atoms with E-state index in [9.17, 15) is 14.9 Å². The van der Waals surface area contributed by atoms with Crippen LogP contribution in [0.2, 0.25) is 0 Å². The van der Waals surface area contributed by atoms with Crippen molar-refractivity contribution in [2.45, 2.75) is 13.5 Å². The number of hydrogen-bond donors (Lipinski definition) is 3. The van der Waals surface area contributed by atoms with Crippen molar-refractivity contribution in [2.24, 2.45) is 0 Å². The maximum absolute atomic E-state index is 11.9. The molecule has 0 aliphatic heterocycles. The Labute approximate surface area is 114 Å². The van der Waals surface area contributed by atoms with Gasteiger partial charge >= 0.3 is 0 Å². The molecule has 8 nitrogen and oxygen atoms in total. The first-order valence-corrected chi connectivity index (χ1v) is 5.80. The summed E-state index contributed by atoms with van der Waals surface area (Å²) in [5.74, 6) is -0.0334. The molecule has 0 saturated carbocycles. The summed E-state index contributed by atoms with van der Waals surface area (Å²) in [5.41, 5.74) is 6.89. The van der Waals surface area contributed by atoms with Crippen LogP contribution in [0, 0.1) is 17.0 Å². The molecule has 1 amide bonds. The number of carbonyl (C=O) groups is 1. The summed E-state index contributed by atoms with van der Waals surface area (Å²) < 4.78 is 0. The highest BCUT2D eigenvalue weighted by atomic mass is 16.6. The van der Waals surface area contributed by atoms with E-state index in [4.69, 9.17) is 5.73 Å². The van der Waals surface area contributed by atoms with Gasteiger partial charge in [0.1, 0.15) is 5.82 Å². The highest BCUT2D eigenvalue weighted by molar-refractivity contribution is 5.95. The third-order valence-corrected chi connectivity index (χ3v) is 2.86. The summed E-state index contributed by atoms with van der Waals surface area (Å²) in [6, 6.07) is 4.33. The number of hydrogen-bond acceptors (Lipinski definition) is 5. The topological polar surface area (TPSA) is 127 Å². The second-order valence-electron chi connectivity index (χ2n) is 4.25. The predicted octanol–water partition coefficient (Wildman–Crippen LogP) is 1.14. The van der Waals surface area contributed by atoms with Gasteiger partial charge in [-0.25, -0.2) is 0 Å². The Morgan fingerprint density at radius 1 is 1.55 bits per heavy atom. The van der Waals surface area contributed by atoms with E-state index >= 15 is 0 Å². The minimum absolute atomic E-state index is 0.0829. The van der Waals surface area contributed by atoms with Crippen LogP contribution in [-0.4, -0.2) is 21.0 Å². The van der Waals surface area contributed by atoms with Gasteiger partial charge in [0.05, 0.1) is 11.1 Å². The van der Waals surface area contributed by atoms with E-state index in [0.717, 1.165) is 0 Å². The van der Waals surface area contributed by atoms with Crippen molar-refractivity contribution in [2.75, 3.05) is 5.73 Å². The lowest BCUT2D eigenvalue weighted by molar-refractivity contribution is -0.385. The molecule has 1 aromatic carbocycles. The molecule has 0 aliphatic carbocycles. The number of nitrogens with one attached hydrogen (secondary N) is 2. The number of nitrogens with two attached hydrogens (primary N) is 1. The second-order valence-corrected chi connectivity index (χ2v) is 4.25. The molecule has 0 bridgehead atoms. The molecule has 8 heteroatoms. The zero-order valence-electron chi connectivity index (χ0n) is 10.7. The fourth-order valence-corrected chi connectivity index (χ4v) is 1.69. The van der Waals surface area contributed by atoms with Crippen molar-refractivity contribution in [1.29, 1.82) is 0 Å². The van der Waals surface area contributed by atoms with Crippen LogP contribution < -0.4 is 11.1 Å². The fourth-order valence-electron chi connectivity index (χ4n) is 1.69. The van der Waals surface area contributed by atoms with Gasteiger partial charge in [-0.1, -0.05) is 6.07 Å². The Hall–Kier alpha value is -2.90. The van der Waals surface area contributed by atoms with E-state index in [1.54, 1.807) is 13.0 Å². The summed E-state index contributed by atoms with van der Waals surface area (Å²) in [6.45, 7) is 1.81. The molecule has 2 aromatic rings. The third-order valence-electron chi connectivity index (χ3n) is 2.86. The first-order valence-electron chi connectivity index (χ1n) is 5.80. The van der Waals surface area contributed by atoms with E-state index in [1.807, 2.05) is 0 Å². The number of aryl methyl sites for hydroxylation is 1. The summed E-state index contributed by atoms with van der Waals surface area (Å²) >= 11 is 0. The lowest BCUT2D eigenvalue weighted by Crippen LogP contribution is -2.23. The van der Waals surface area contributed by atoms with Crippen molar-refractivity contribution in [3.63, 3.8) is 0 Å². The average Bonchev–Trinajstić information content (AvgIpc) is 2.81. The molecule has 0 radical (unpaired) electrons. The Kier molecular flexibility index (Phi) is 3.65. The first kappa shape index (κ1) is 13.5. The van der Waals surface area contributed by atoms with Crippen LogP contribution in [0.1, 0.15) is 21.5 Å². The molecule has 4 N–H and O–H groups in total. The van der Waals surface area contributed by atoms with Crippen LogP contribution in [0.3, 0.4) is 0 Å². The number of aromatic nitrogens is 2. The molecule has 2 rings (SSSR count). The van der Waals surface area contributed by atoms with Gasteiger partial charge in [0.2, 0.25) is 0 Å². The maximum Gasteiger partial charge on any atom is 0.273 e. The van der Waals surface area contributed by atoms with Gasteiger partial charge in [-0.05, 0) is 13.0 Å². The normalized spacial score (nSPS) is 10.2. The van der Waals surface area contributed by atoms with E-state index in [0.29, 0.717) is 16.9 Å². The van der Waals surface area contributed by atoms with Gasteiger partial charge in [-0.15, -0.1) is 0 Å². The van der Waals surface area contributed by atoms with Gasteiger partial charge in [0.25, 0.3) is 11.6 Å². The maximum atomic E-state index is 11.9. The van der Waals surface area contributed by atoms with Crippen LogP contribution in [0.5, 0.6) is 0 Å². The monoisotopic (exact) mass is 275 g/mol. The largest absolute Gasteiger partial charge is 0.384 e. The van der Waals surface area contributed by atoms with Crippen LogP contribution in [0.15, 0.2) is 24.4 Å². The number of carbonyl (C=O) groups excluding carboxylic acids is 1. The second kappa shape index (κ2) is 5.39. The number of aromatic amines is 1. The van der Waals surface area contributed by atoms with Crippen molar-refractivity contribution in [1.82, 2.24) is 15.5 Å². The predicted molar refractivity (Wildman–Crippen MR) is 72.0 cm³/mol. The Bertz CT molecular complexity index is 665. The molecule has 1 heterocycles. The van der Waals surface area contributed by atoms with Crippen molar-refractivity contribution >= 4 is 17.4 Å². The highest BCUT2D eigenvalue weighted by Crippen LogP contribution is 2.19. The summed E-state index contributed by atoms with van der Waals surface area (Å²) in [6.07, 6.45) is 1.51. The van der Waals surface area contributed by atoms with Gasteiger partial charge in [0, 0.05) is 29.3 Å². The van der Waals surface area contributed by atoms with E-state index < -0.39 is 10.8 Å². The van der Waals surface area contributed by atoms with Crippen LogP contribution in [-0.2, 0) is 6.54 Å². The molecule has 20 heavy (non-hydrogen) atoms. The van der Waals surface area contributed by atoms with Crippen molar-refractivity contribution < 1.29 is 9.72 Å². The molecule has 0 fully saturated rings. The Morgan fingerprint density at radius 3 is 2.90 bits per heavy atom. The summed E-state index contributed by atoms with van der Waals surface area (Å²) in [5, 5.41) is 19.7. The minimum atomic E-state index is -0.514. The zero-order valence-corrected chi connectivity index (χ0v) is 10.7. The van der Waals surface area contributed by atoms with E-state index in [2.05, 4.69) is 15.5 Å². The van der Waals surface area contributed by atoms with Crippen molar-refractivity contribution in [3.8, 4) is 0 Å². The number of nitro groups is 1. The summed E-state index contributed by atoms with van der Waals surface area (Å²) in [7, 11) is 0. The molecule has 0 saturated heterocycles. The van der Waals surface area contributed by atoms with Crippen LogP contribution >= 0.6 is 0 Å². The molecule has 0 unspecified atom stereocenters. The van der Waals surface area contributed by atoms with Crippen LogP contribution in [0.4, 0.5) is 11.5 Å². The number of H-pyrrole nitrogens is 1. The zero-order chi connectivity index (χ0) is 14.7. The smallest absolute Gasteiger partial charge is 0.273 e.